The Morgan fingerprint density at radius 3 is 1.44 bits per heavy atom. The van der Waals surface area contributed by atoms with Crippen LogP contribution in [0.25, 0.3) is 0 Å². The van der Waals surface area contributed by atoms with Gasteiger partial charge in [-0.15, -0.1) is 0 Å². The average Bonchev–Trinajstić information content (AvgIpc) is 1.21. The molecule has 0 aromatic carbocycles. The van der Waals surface area contributed by atoms with Gasteiger partial charge in [-0.1, -0.05) is 21.6 Å². The fourth-order valence-electron chi connectivity index (χ4n) is 9.99. The maximum atomic E-state index is 12.8. The fraction of sp³-hybridized carbons (Fsp3) is 0.915. The molecule has 0 bridgehead atoms. The molecule has 37 nitrogen and oxygen atoms in total. The summed E-state index contributed by atoms with van der Waals surface area (Å²) in [4.78, 5) is 27.8. The Balaban J connectivity index is 1.04. The maximum absolute atomic E-state index is 12.8. The number of amides is 1. The van der Waals surface area contributed by atoms with Gasteiger partial charge in [0.15, 0.2) is 43.1 Å². The number of carbonyl (C=O) groups is 1. The molecule has 14 unspecified atom stereocenters. The molecule has 0 aromatic rings. The van der Waals surface area contributed by atoms with Gasteiger partial charge in [0.1, 0.15) is 146 Å². The lowest BCUT2D eigenvalue weighted by molar-refractivity contribution is -0.508. The summed E-state index contributed by atoms with van der Waals surface area (Å²) in [5.74, 6) is -0.105. The van der Waals surface area contributed by atoms with Crippen molar-refractivity contribution in [1.29, 1.82) is 0 Å². The van der Waals surface area contributed by atoms with E-state index in [9.17, 15) is 112 Å². The third kappa shape index (κ3) is 16.9. The number of aliphatic imine (C=N–C) groups is 1. The molecule has 0 aromatic heterocycles. The summed E-state index contributed by atoms with van der Waals surface area (Å²) in [7, 11) is 2.41. The summed E-state index contributed by atoms with van der Waals surface area (Å²) in [5, 5.41) is 216. The first-order valence-electron chi connectivity index (χ1n) is 27.2. The molecule has 7 rings (SSSR count). The first-order valence-corrected chi connectivity index (χ1v) is 29.6. The zero-order chi connectivity index (χ0) is 62.8. The molecule has 86 heavy (non-hydrogen) atoms. The highest BCUT2D eigenvalue weighted by Crippen LogP contribution is 2.36. The minimum atomic E-state index is -2.12. The van der Waals surface area contributed by atoms with Crippen molar-refractivity contribution in [3.05, 3.63) is 22.3 Å². The molecule has 1 amide bonds. The van der Waals surface area contributed by atoms with Crippen molar-refractivity contribution in [2.45, 2.75) is 208 Å². The van der Waals surface area contributed by atoms with Crippen molar-refractivity contribution in [1.82, 2.24) is 5.32 Å². The summed E-state index contributed by atoms with van der Waals surface area (Å²) < 4.78 is 68.6. The van der Waals surface area contributed by atoms with Crippen LogP contribution in [0, 0.1) is 10.1 Å². The number of carbonyl (C=O) groups excluding carboxylic acids is 1. The van der Waals surface area contributed by atoms with Gasteiger partial charge >= 0.3 is 0 Å². The monoisotopic (exact) mass is 1290 g/mol. The molecule has 0 spiro atoms. The number of hydrogen-bond donors (Lipinski definition) is 20. The van der Waals surface area contributed by atoms with E-state index >= 15 is 0 Å². The zero-order valence-electron chi connectivity index (χ0n) is 45.3. The van der Waals surface area contributed by atoms with Crippen molar-refractivity contribution in [3.63, 3.8) is 0 Å². The van der Waals surface area contributed by atoms with E-state index in [-0.39, 0.29) is 26.0 Å². The topological polar surface area (TPSA) is 580 Å². The van der Waals surface area contributed by atoms with Crippen LogP contribution in [-0.4, -0.2) is 368 Å². The lowest BCUT2D eigenvalue weighted by Crippen LogP contribution is -2.67. The Labute approximate surface area is 495 Å². The van der Waals surface area contributed by atoms with Crippen LogP contribution in [0.5, 0.6) is 0 Å². The fourth-order valence-corrected chi connectivity index (χ4v) is 12.3. The van der Waals surface area contributed by atoms with Crippen LogP contribution < -0.4 is 5.32 Å². The molecule has 6 saturated heterocycles. The van der Waals surface area contributed by atoms with E-state index in [1.54, 1.807) is 0 Å². The minimum absolute atomic E-state index is 0.0370. The van der Waals surface area contributed by atoms with E-state index in [0.717, 1.165) is 10.8 Å². The zero-order valence-corrected chi connectivity index (χ0v) is 47.0. The van der Waals surface area contributed by atoms with Crippen LogP contribution in [0.3, 0.4) is 0 Å². The smallest absolute Gasteiger partial charge is 0.263 e. The number of nitrogens with zero attached hydrogens (tertiary/aromatic N) is 2. The molecule has 20 N–H and O–H groups in total. The largest absolute Gasteiger partial charge is 0.394 e. The number of nitro groups is 1. The van der Waals surface area contributed by atoms with Gasteiger partial charge in [-0.05, 0) is 18.6 Å². The summed E-state index contributed by atoms with van der Waals surface area (Å²) >= 11 is 0. The van der Waals surface area contributed by atoms with Crippen molar-refractivity contribution >= 4 is 33.7 Å². The van der Waals surface area contributed by atoms with Crippen molar-refractivity contribution in [2.75, 3.05) is 58.5 Å². The van der Waals surface area contributed by atoms with Crippen molar-refractivity contribution in [2.24, 2.45) is 4.99 Å². The predicted octanol–water partition coefficient (Wildman–Crippen LogP) is -12.2. The second-order valence-corrected chi connectivity index (χ2v) is 23.5. The van der Waals surface area contributed by atoms with Crippen LogP contribution >= 0.6 is 21.6 Å². The molecule has 7 heterocycles. The molecule has 6 fully saturated rings. The quantitative estimate of drug-likeness (QED) is 0.0157. The van der Waals surface area contributed by atoms with E-state index < -0.39 is 246 Å². The summed E-state index contributed by atoms with van der Waals surface area (Å²) in [6.45, 7) is -5.65. The number of rotatable bonds is 27. The molecule has 7 aliphatic heterocycles. The number of ether oxygens (including phenoxy) is 12. The molecule has 0 radical (unpaired) electrons. The van der Waals surface area contributed by atoms with E-state index in [2.05, 4.69) is 10.3 Å². The van der Waals surface area contributed by atoms with Gasteiger partial charge < -0.3 is 159 Å². The van der Waals surface area contributed by atoms with Crippen LogP contribution in [0.4, 0.5) is 0 Å². The molecule has 39 heteroatoms. The SMILES string of the molecule is O=C(CCCO[C@H]1OC(CO[C@H]2OC(CO[C@H]3OC(CO)[C@@H](O)[C@H](O)C3O[C@H]3OC(CO)[C@@H](O)[C@H](O)C3O)[C@@H](O)[C@H](O)C2O)[C@@H](O)[C@H](O[C@H]2OC(CO)[C@@H](O)[C@H](O)C2O[C@H]2OC(CO)[C@@H](O)[C@H](O)C2O)C1O)NCCSSC1N=CC=CC1[N+](=O)[O-]. The number of hydrogen-bond acceptors (Lipinski definition) is 37. The van der Waals surface area contributed by atoms with Gasteiger partial charge in [0.2, 0.25) is 5.91 Å². The maximum Gasteiger partial charge on any atom is 0.263 e. The highest BCUT2D eigenvalue weighted by atomic mass is 33.1. The second kappa shape index (κ2) is 32.8. The minimum Gasteiger partial charge on any atom is -0.394 e. The van der Waals surface area contributed by atoms with E-state index in [0.29, 0.717) is 5.75 Å². The Kier molecular flexibility index (Phi) is 27.2. The highest BCUT2D eigenvalue weighted by Gasteiger charge is 2.56. The molecule has 32 atom stereocenters. The molecule has 0 saturated carbocycles. The second-order valence-electron chi connectivity index (χ2n) is 20.9. The number of nitrogens with one attached hydrogen (secondary N) is 1. The van der Waals surface area contributed by atoms with Crippen LogP contribution in [-0.2, 0) is 61.6 Å². The molecule has 496 valence electrons. The lowest BCUT2D eigenvalue weighted by atomic mass is 9.96. The number of aliphatic hydroxyl groups excluding tert-OH is 19. The van der Waals surface area contributed by atoms with Crippen LogP contribution in [0.1, 0.15) is 12.8 Å². The summed E-state index contributed by atoms with van der Waals surface area (Å²) in [6.07, 6.45) is -53.4. The van der Waals surface area contributed by atoms with Gasteiger partial charge in [0.25, 0.3) is 6.04 Å². The van der Waals surface area contributed by atoms with Crippen molar-refractivity contribution < 1.29 is 164 Å². The van der Waals surface area contributed by atoms with Gasteiger partial charge in [0.05, 0.1) is 46.2 Å². The first kappa shape index (κ1) is 71.2. The Morgan fingerprint density at radius 2 is 0.919 bits per heavy atom. The predicted molar refractivity (Wildman–Crippen MR) is 277 cm³/mol. The molecular weight excluding hydrogens is 1210 g/mol. The molecule has 7 aliphatic rings. The van der Waals surface area contributed by atoms with Crippen LogP contribution in [0.15, 0.2) is 17.1 Å². The Morgan fingerprint density at radius 1 is 0.500 bits per heavy atom. The van der Waals surface area contributed by atoms with Gasteiger partial charge in [-0.2, -0.15) is 0 Å². The standard InChI is InChI=1S/C47H77N3O34S2/c51-9-16-23(56)29(62)35(68)44(76-16)83-39-32(65)25(58)18(11-53)78-46(39)75-13-20-27(60)31(64)34(67)42(80-20)74-14-21-28(61)38(82-47-40(33(66)26(59)19(12-54)79-47)84-45-36(69)30(63)24(57)17(10-52)77-45)37(70)43(81-21)73-7-2-4-22(55)48-6-8-85-86-41-15(50(71)72)3-1-5-49-41/h1,3,5,15-21,23-47,51-54,56-70H,2,4,6-14H2,(H,48,55)/t15?,16?,17?,18?,19?,20?,21?,23-,24-,25-,26-,27-,28-,29+,30+,31+,32+,33+,34?,35?,36?,37?,38+,39?,40?,41?,42+,43+,44-,45-,46+,47-/m1/s1. The molecule has 0 aliphatic carbocycles. The lowest BCUT2D eigenvalue weighted by Gasteiger charge is -2.48. The highest BCUT2D eigenvalue weighted by molar-refractivity contribution is 8.77. The number of dihydropyridines is 1. The number of aliphatic hydroxyl groups is 19. The van der Waals surface area contributed by atoms with Crippen LogP contribution in [0.2, 0.25) is 0 Å². The average molecular weight is 1290 g/mol. The first-order chi connectivity index (χ1) is 41.0. The van der Waals surface area contributed by atoms with Gasteiger partial charge in [-0.3, -0.25) is 19.9 Å². The van der Waals surface area contributed by atoms with E-state index in [1.165, 1.54) is 29.2 Å². The number of allylic oxidation sites excluding steroid dienone is 1. The normalized spacial score (nSPS) is 46.5. The van der Waals surface area contributed by atoms with Gasteiger partial charge in [0, 0.05) is 29.9 Å². The molecular formula is C47H77N3O34S2. The van der Waals surface area contributed by atoms with E-state index in [1.807, 2.05) is 0 Å². The van der Waals surface area contributed by atoms with Crippen molar-refractivity contribution in [3.8, 4) is 0 Å². The summed E-state index contributed by atoms with van der Waals surface area (Å²) in [5.41, 5.74) is 0. The third-order valence-electron chi connectivity index (χ3n) is 15.0. The summed E-state index contributed by atoms with van der Waals surface area (Å²) in [6, 6.07) is -1.02. The van der Waals surface area contributed by atoms with E-state index in [4.69, 9.17) is 56.8 Å². The Bertz CT molecular complexity index is 2160. The Hall–Kier alpha value is -2.26. The van der Waals surface area contributed by atoms with Gasteiger partial charge in [-0.25, -0.2) is 0 Å². The third-order valence-corrected chi connectivity index (χ3v) is 17.7.